The molecule has 0 saturated carbocycles. The minimum absolute atomic E-state index is 0.533. The Balaban J connectivity index is 1.69. The molecule has 0 spiro atoms. The van der Waals surface area contributed by atoms with Crippen LogP contribution in [0.15, 0.2) is 42.5 Å². The van der Waals surface area contributed by atoms with Gasteiger partial charge in [0.15, 0.2) is 5.11 Å². The number of anilines is 1. The van der Waals surface area contributed by atoms with Gasteiger partial charge in [0.2, 0.25) is 0 Å². The molecule has 174 valence electrons. The Bertz CT molecular complexity index is 864. The van der Waals surface area contributed by atoms with Crippen LogP contribution >= 0.6 is 12.2 Å². The van der Waals surface area contributed by atoms with Crippen molar-refractivity contribution in [3.63, 3.8) is 0 Å². The Morgan fingerprint density at radius 2 is 1.88 bits per heavy atom. The molecule has 1 saturated heterocycles. The number of methoxy groups -OCH3 is 1. The normalized spacial score (nSPS) is 14.4. The maximum atomic E-state index is 5.87. The van der Waals surface area contributed by atoms with Crippen LogP contribution in [0.3, 0.4) is 0 Å². The van der Waals surface area contributed by atoms with E-state index in [1.165, 1.54) is 16.7 Å². The molecule has 5 nitrogen and oxygen atoms in total. The van der Waals surface area contributed by atoms with Gasteiger partial charge >= 0.3 is 0 Å². The number of benzene rings is 2. The third kappa shape index (κ3) is 7.19. The van der Waals surface area contributed by atoms with Gasteiger partial charge in [0.1, 0.15) is 5.75 Å². The van der Waals surface area contributed by atoms with Crippen LogP contribution in [-0.2, 0) is 11.3 Å². The summed E-state index contributed by atoms with van der Waals surface area (Å²) in [5, 5.41) is 4.17. The van der Waals surface area contributed by atoms with E-state index in [1.54, 1.807) is 7.11 Å². The van der Waals surface area contributed by atoms with Gasteiger partial charge in [-0.3, -0.25) is 4.90 Å². The molecule has 1 fully saturated rings. The van der Waals surface area contributed by atoms with Crippen molar-refractivity contribution in [2.24, 2.45) is 0 Å². The average Bonchev–Trinajstić information content (AvgIpc) is 2.79. The summed E-state index contributed by atoms with van der Waals surface area (Å²) in [6.45, 7) is 12.9. The summed E-state index contributed by atoms with van der Waals surface area (Å²) in [4.78, 5) is 4.74. The highest BCUT2D eigenvalue weighted by atomic mass is 32.1. The van der Waals surface area contributed by atoms with Crippen molar-refractivity contribution < 1.29 is 9.47 Å². The Hall–Kier alpha value is -2.15. The lowest BCUT2D eigenvalue weighted by Gasteiger charge is -2.30. The van der Waals surface area contributed by atoms with Crippen LogP contribution in [0.4, 0.5) is 5.69 Å². The highest BCUT2D eigenvalue weighted by molar-refractivity contribution is 7.80. The SMILES string of the molecule is COc1ccc(C)cc1NC(=S)N(CCCN1CCOCC1)Cc1ccc(C(C)C)cc1. The summed E-state index contributed by atoms with van der Waals surface area (Å²) in [6.07, 6.45) is 1.05. The second kappa shape index (κ2) is 12.2. The van der Waals surface area contributed by atoms with Crippen LogP contribution in [-0.4, -0.2) is 61.4 Å². The molecule has 1 heterocycles. The summed E-state index contributed by atoms with van der Waals surface area (Å²) in [5.41, 5.74) is 4.70. The van der Waals surface area contributed by atoms with Crippen molar-refractivity contribution in [3.8, 4) is 5.75 Å². The summed E-state index contributed by atoms with van der Waals surface area (Å²) < 4.78 is 11.0. The van der Waals surface area contributed by atoms with Crippen molar-refractivity contribution in [3.05, 3.63) is 59.2 Å². The zero-order valence-electron chi connectivity index (χ0n) is 19.9. The Labute approximate surface area is 198 Å². The summed E-state index contributed by atoms with van der Waals surface area (Å²) >= 11 is 5.87. The monoisotopic (exact) mass is 455 g/mol. The van der Waals surface area contributed by atoms with Crippen LogP contribution in [0.5, 0.6) is 5.75 Å². The first kappa shape index (κ1) is 24.5. The molecule has 3 rings (SSSR count). The largest absolute Gasteiger partial charge is 0.495 e. The van der Waals surface area contributed by atoms with Crippen molar-refractivity contribution in [1.29, 1.82) is 0 Å². The van der Waals surface area contributed by atoms with E-state index in [0.29, 0.717) is 5.92 Å². The molecule has 0 radical (unpaired) electrons. The van der Waals surface area contributed by atoms with Gasteiger partial charge in [-0.25, -0.2) is 0 Å². The molecule has 2 aromatic rings. The molecule has 0 unspecified atom stereocenters. The van der Waals surface area contributed by atoms with Crippen LogP contribution in [0, 0.1) is 6.92 Å². The Morgan fingerprint density at radius 3 is 2.53 bits per heavy atom. The minimum Gasteiger partial charge on any atom is -0.495 e. The van der Waals surface area contributed by atoms with Crippen molar-refractivity contribution in [2.45, 2.75) is 39.7 Å². The quantitative estimate of drug-likeness (QED) is 0.534. The van der Waals surface area contributed by atoms with Crippen molar-refractivity contribution >= 4 is 23.0 Å². The highest BCUT2D eigenvalue weighted by Crippen LogP contribution is 2.26. The minimum atomic E-state index is 0.533. The number of nitrogens with zero attached hydrogens (tertiary/aromatic N) is 2. The standard InChI is InChI=1S/C26H37N3O2S/c1-20(2)23-9-7-22(8-10-23)19-29(13-5-12-28-14-16-31-17-15-28)26(32)27-24-18-21(3)6-11-25(24)30-4/h6-11,18,20H,5,12-17,19H2,1-4H3,(H,27,32). The smallest absolute Gasteiger partial charge is 0.173 e. The fourth-order valence-electron chi connectivity index (χ4n) is 3.90. The molecule has 0 amide bonds. The molecule has 0 atom stereocenters. The molecule has 1 aliphatic heterocycles. The van der Waals surface area contributed by atoms with Gasteiger partial charge in [-0.2, -0.15) is 0 Å². The van der Waals surface area contributed by atoms with Crippen LogP contribution in [0.1, 0.15) is 42.9 Å². The third-order valence-electron chi connectivity index (χ3n) is 5.91. The van der Waals surface area contributed by atoms with E-state index >= 15 is 0 Å². The number of nitrogens with one attached hydrogen (secondary N) is 1. The lowest BCUT2D eigenvalue weighted by Crippen LogP contribution is -2.40. The van der Waals surface area contributed by atoms with Gasteiger partial charge < -0.3 is 19.7 Å². The van der Waals surface area contributed by atoms with Crippen LogP contribution in [0.2, 0.25) is 0 Å². The predicted octanol–water partition coefficient (Wildman–Crippen LogP) is 5.05. The van der Waals surface area contributed by atoms with E-state index in [4.69, 9.17) is 21.7 Å². The summed E-state index contributed by atoms with van der Waals surface area (Å²) in [6, 6.07) is 15.0. The van der Waals surface area contributed by atoms with Gasteiger partial charge in [0.25, 0.3) is 0 Å². The van der Waals surface area contributed by atoms with E-state index in [0.717, 1.165) is 68.9 Å². The molecule has 1 N–H and O–H groups in total. The van der Waals surface area contributed by atoms with Crippen molar-refractivity contribution in [2.75, 3.05) is 51.8 Å². The molecule has 1 aliphatic rings. The zero-order chi connectivity index (χ0) is 22.9. The highest BCUT2D eigenvalue weighted by Gasteiger charge is 2.15. The third-order valence-corrected chi connectivity index (χ3v) is 6.27. The number of aryl methyl sites for hydroxylation is 1. The maximum Gasteiger partial charge on any atom is 0.173 e. The van der Waals surface area contributed by atoms with E-state index < -0.39 is 0 Å². The second-order valence-electron chi connectivity index (χ2n) is 8.76. The van der Waals surface area contributed by atoms with Crippen LogP contribution < -0.4 is 10.1 Å². The van der Waals surface area contributed by atoms with E-state index in [1.807, 2.05) is 12.1 Å². The number of morpholine rings is 1. The fourth-order valence-corrected chi connectivity index (χ4v) is 4.17. The average molecular weight is 456 g/mol. The van der Waals surface area contributed by atoms with Crippen molar-refractivity contribution in [1.82, 2.24) is 9.80 Å². The molecule has 2 aromatic carbocycles. The van der Waals surface area contributed by atoms with Gasteiger partial charge in [0.05, 0.1) is 26.0 Å². The predicted molar refractivity (Wildman–Crippen MR) is 137 cm³/mol. The van der Waals surface area contributed by atoms with E-state index in [9.17, 15) is 0 Å². The van der Waals surface area contributed by atoms with Gasteiger partial charge in [-0.05, 0) is 60.3 Å². The van der Waals surface area contributed by atoms with Crippen LogP contribution in [0.25, 0.3) is 0 Å². The number of thiocarbonyl (C=S) groups is 1. The topological polar surface area (TPSA) is 37.0 Å². The van der Waals surface area contributed by atoms with Gasteiger partial charge in [-0.1, -0.05) is 44.2 Å². The number of rotatable bonds is 9. The molecular weight excluding hydrogens is 418 g/mol. The first-order chi connectivity index (χ1) is 15.5. The zero-order valence-corrected chi connectivity index (χ0v) is 20.7. The number of hydrogen-bond acceptors (Lipinski definition) is 4. The fraction of sp³-hybridized carbons (Fsp3) is 0.500. The molecule has 32 heavy (non-hydrogen) atoms. The first-order valence-corrected chi connectivity index (χ1v) is 12.0. The van der Waals surface area contributed by atoms with E-state index in [2.05, 4.69) is 66.2 Å². The van der Waals surface area contributed by atoms with E-state index in [-0.39, 0.29) is 0 Å². The molecule has 0 bridgehead atoms. The maximum absolute atomic E-state index is 5.87. The molecule has 6 heteroatoms. The molecule has 0 aliphatic carbocycles. The first-order valence-electron chi connectivity index (χ1n) is 11.6. The van der Waals surface area contributed by atoms with Gasteiger partial charge in [0, 0.05) is 32.7 Å². The molecular formula is C26H37N3O2S. The lowest BCUT2D eigenvalue weighted by atomic mass is 10.0. The Kier molecular flexibility index (Phi) is 9.33. The number of ether oxygens (including phenoxy) is 2. The number of hydrogen-bond donors (Lipinski definition) is 1. The Morgan fingerprint density at radius 1 is 1.16 bits per heavy atom. The molecule has 0 aromatic heterocycles. The second-order valence-corrected chi connectivity index (χ2v) is 9.15. The lowest BCUT2D eigenvalue weighted by molar-refractivity contribution is 0.0368. The summed E-state index contributed by atoms with van der Waals surface area (Å²) in [5.74, 6) is 1.33. The summed E-state index contributed by atoms with van der Waals surface area (Å²) in [7, 11) is 1.69. The van der Waals surface area contributed by atoms with Gasteiger partial charge in [-0.15, -0.1) is 0 Å².